The Morgan fingerprint density at radius 2 is 1.88 bits per heavy atom. The number of rotatable bonds is 6. The molecule has 1 atom stereocenters. The Morgan fingerprint density at radius 3 is 2.35 bits per heavy atom. The van der Waals surface area contributed by atoms with Gasteiger partial charge >= 0.3 is 0 Å². The average Bonchev–Trinajstić information content (AvgIpc) is 2.30. The van der Waals surface area contributed by atoms with Crippen molar-refractivity contribution in [3.63, 3.8) is 0 Å². The molecular weight excluding hydrogens is 228 g/mol. The Labute approximate surface area is 99.5 Å². The summed E-state index contributed by atoms with van der Waals surface area (Å²) < 4.78 is 37.3. The number of ether oxygens (including phenoxy) is 2. The Kier molecular flexibility index (Phi) is 5.31. The zero-order valence-electron chi connectivity index (χ0n) is 10.0. The molecule has 0 aliphatic heterocycles. The van der Waals surface area contributed by atoms with E-state index in [9.17, 15) is 8.78 Å². The topological polar surface area (TPSA) is 44.5 Å². The van der Waals surface area contributed by atoms with E-state index in [2.05, 4.69) is 0 Å². The molecule has 3 nitrogen and oxygen atoms in total. The van der Waals surface area contributed by atoms with Gasteiger partial charge in [-0.25, -0.2) is 8.78 Å². The van der Waals surface area contributed by atoms with Gasteiger partial charge in [0, 0.05) is 13.2 Å². The Bertz CT molecular complexity index is 349. The van der Waals surface area contributed by atoms with Gasteiger partial charge < -0.3 is 15.2 Å². The average molecular weight is 245 g/mol. The van der Waals surface area contributed by atoms with Crippen LogP contribution in [0.2, 0.25) is 0 Å². The first-order valence-corrected chi connectivity index (χ1v) is 5.50. The largest absolute Gasteiger partial charge is 0.482 e. The van der Waals surface area contributed by atoms with Gasteiger partial charge in [-0.1, -0.05) is 0 Å². The van der Waals surface area contributed by atoms with Gasteiger partial charge in [-0.15, -0.1) is 0 Å². The van der Waals surface area contributed by atoms with Crippen molar-refractivity contribution in [1.29, 1.82) is 0 Å². The van der Waals surface area contributed by atoms with Gasteiger partial charge in [-0.2, -0.15) is 0 Å². The van der Waals surface area contributed by atoms with E-state index in [-0.39, 0.29) is 18.9 Å². The van der Waals surface area contributed by atoms with Crippen LogP contribution in [0.15, 0.2) is 12.1 Å². The summed E-state index contributed by atoms with van der Waals surface area (Å²) in [5.41, 5.74) is 5.70. The van der Waals surface area contributed by atoms with Gasteiger partial charge in [-0.3, -0.25) is 0 Å². The fourth-order valence-corrected chi connectivity index (χ4v) is 1.36. The van der Waals surface area contributed by atoms with E-state index >= 15 is 0 Å². The highest BCUT2D eigenvalue weighted by atomic mass is 19.1. The molecule has 0 radical (unpaired) electrons. The first-order chi connectivity index (χ1) is 8.08. The third kappa shape index (κ3) is 3.94. The maximum atomic E-state index is 13.5. The van der Waals surface area contributed by atoms with Crippen molar-refractivity contribution in [3.8, 4) is 5.75 Å². The predicted octanol–water partition coefficient (Wildman–Crippen LogP) is 2.23. The van der Waals surface area contributed by atoms with Gasteiger partial charge in [0.2, 0.25) is 0 Å². The smallest absolute Gasteiger partial charge is 0.191 e. The molecule has 0 fully saturated rings. The van der Waals surface area contributed by atoms with Crippen LogP contribution >= 0.6 is 0 Å². The molecule has 0 aromatic heterocycles. The first kappa shape index (κ1) is 13.9. The van der Waals surface area contributed by atoms with Gasteiger partial charge in [0.15, 0.2) is 17.4 Å². The second kappa shape index (κ2) is 6.51. The summed E-state index contributed by atoms with van der Waals surface area (Å²) in [6.07, 6.45) is -0.414. The molecule has 96 valence electrons. The summed E-state index contributed by atoms with van der Waals surface area (Å²) in [7, 11) is 0. The molecule has 0 aliphatic rings. The van der Waals surface area contributed by atoms with Crippen LogP contribution in [-0.4, -0.2) is 19.3 Å². The fraction of sp³-hybridized carbons (Fsp3) is 0.500. The molecule has 0 saturated heterocycles. The number of nitrogens with two attached hydrogens (primary N) is 1. The molecule has 0 heterocycles. The summed E-state index contributed by atoms with van der Waals surface area (Å²) >= 11 is 0. The van der Waals surface area contributed by atoms with Crippen LogP contribution in [0.3, 0.4) is 0 Å². The van der Waals surface area contributed by atoms with E-state index in [0.29, 0.717) is 12.2 Å². The standard InChI is InChI=1S/C12H17F2NO2/c1-3-16-7-8(2)17-12-10(13)4-9(6-15)5-11(12)14/h4-5,8H,3,6-7,15H2,1-2H3. The number of benzene rings is 1. The third-order valence-corrected chi connectivity index (χ3v) is 2.17. The zero-order valence-corrected chi connectivity index (χ0v) is 10.0. The van der Waals surface area contributed by atoms with Crippen molar-refractivity contribution in [2.45, 2.75) is 26.5 Å². The van der Waals surface area contributed by atoms with Crippen molar-refractivity contribution in [2.75, 3.05) is 13.2 Å². The highest BCUT2D eigenvalue weighted by Gasteiger charge is 2.15. The van der Waals surface area contributed by atoms with Crippen LogP contribution < -0.4 is 10.5 Å². The number of hydrogen-bond acceptors (Lipinski definition) is 3. The summed E-state index contributed by atoms with van der Waals surface area (Å²) in [4.78, 5) is 0. The number of hydrogen-bond donors (Lipinski definition) is 1. The van der Waals surface area contributed by atoms with Crippen LogP contribution in [0.1, 0.15) is 19.4 Å². The molecule has 1 rings (SSSR count). The Hall–Kier alpha value is -1.20. The van der Waals surface area contributed by atoms with E-state index in [1.807, 2.05) is 6.92 Å². The summed E-state index contributed by atoms with van der Waals surface area (Å²) in [5.74, 6) is -1.86. The minimum absolute atomic E-state index is 0.0859. The minimum atomic E-state index is -0.742. The first-order valence-electron chi connectivity index (χ1n) is 5.50. The molecule has 1 unspecified atom stereocenters. The van der Waals surface area contributed by atoms with Crippen molar-refractivity contribution < 1.29 is 18.3 Å². The highest BCUT2D eigenvalue weighted by Crippen LogP contribution is 2.24. The van der Waals surface area contributed by atoms with Crippen LogP contribution in [-0.2, 0) is 11.3 Å². The lowest BCUT2D eigenvalue weighted by Gasteiger charge is -2.16. The molecule has 0 amide bonds. The number of halogens is 2. The molecule has 17 heavy (non-hydrogen) atoms. The van der Waals surface area contributed by atoms with Crippen LogP contribution in [0.4, 0.5) is 8.78 Å². The Balaban J connectivity index is 2.77. The molecular formula is C12H17F2NO2. The normalized spacial score (nSPS) is 12.5. The molecule has 1 aromatic carbocycles. The lowest BCUT2D eigenvalue weighted by molar-refractivity contribution is 0.0614. The molecule has 0 spiro atoms. The lowest BCUT2D eigenvalue weighted by Crippen LogP contribution is -2.20. The molecule has 1 aromatic rings. The maximum Gasteiger partial charge on any atom is 0.191 e. The molecule has 5 heteroatoms. The molecule has 0 saturated carbocycles. The zero-order chi connectivity index (χ0) is 12.8. The minimum Gasteiger partial charge on any atom is -0.482 e. The van der Waals surface area contributed by atoms with Crippen LogP contribution in [0.5, 0.6) is 5.75 Å². The fourth-order valence-electron chi connectivity index (χ4n) is 1.36. The second-order valence-corrected chi connectivity index (χ2v) is 3.68. The predicted molar refractivity (Wildman–Crippen MR) is 60.8 cm³/mol. The van der Waals surface area contributed by atoms with E-state index in [1.165, 1.54) is 12.1 Å². The van der Waals surface area contributed by atoms with E-state index in [4.69, 9.17) is 15.2 Å². The lowest BCUT2D eigenvalue weighted by atomic mass is 10.2. The highest BCUT2D eigenvalue weighted by molar-refractivity contribution is 5.31. The van der Waals surface area contributed by atoms with Crippen LogP contribution in [0.25, 0.3) is 0 Å². The van der Waals surface area contributed by atoms with Crippen molar-refractivity contribution in [2.24, 2.45) is 5.73 Å². The third-order valence-electron chi connectivity index (χ3n) is 2.17. The van der Waals surface area contributed by atoms with Gasteiger partial charge in [0.05, 0.1) is 6.61 Å². The van der Waals surface area contributed by atoms with E-state index in [1.54, 1.807) is 6.92 Å². The van der Waals surface area contributed by atoms with Crippen LogP contribution in [0, 0.1) is 11.6 Å². The van der Waals surface area contributed by atoms with Crippen molar-refractivity contribution in [3.05, 3.63) is 29.3 Å². The summed E-state index contributed by atoms with van der Waals surface area (Å²) in [5, 5.41) is 0. The summed E-state index contributed by atoms with van der Waals surface area (Å²) in [6.45, 7) is 4.43. The Morgan fingerprint density at radius 1 is 1.29 bits per heavy atom. The van der Waals surface area contributed by atoms with Gasteiger partial charge in [0.1, 0.15) is 6.10 Å². The second-order valence-electron chi connectivity index (χ2n) is 3.68. The SMILES string of the molecule is CCOCC(C)Oc1c(F)cc(CN)cc1F. The van der Waals surface area contributed by atoms with E-state index < -0.39 is 17.7 Å². The van der Waals surface area contributed by atoms with Crippen molar-refractivity contribution >= 4 is 0 Å². The molecule has 2 N–H and O–H groups in total. The maximum absolute atomic E-state index is 13.5. The quantitative estimate of drug-likeness (QED) is 0.835. The van der Waals surface area contributed by atoms with Gasteiger partial charge in [0.25, 0.3) is 0 Å². The monoisotopic (exact) mass is 245 g/mol. The summed E-state index contributed by atoms with van der Waals surface area (Å²) in [6, 6.07) is 2.34. The molecule has 0 aliphatic carbocycles. The molecule has 0 bridgehead atoms. The van der Waals surface area contributed by atoms with Gasteiger partial charge in [-0.05, 0) is 31.5 Å². The van der Waals surface area contributed by atoms with Crippen molar-refractivity contribution in [1.82, 2.24) is 0 Å². The van der Waals surface area contributed by atoms with E-state index in [0.717, 1.165) is 0 Å².